The molecule has 1 aliphatic carbocycles. The van der Waals surface area contributed by atoms with Crippen molar-refractivity contribution in [2.24, 2.45) is 0 Å². The zero-order chi connectivity index (χ0) is 22.5. The van der Waals surface area contributed by atoms with Gasteiger partial charge in [0.1, 0.15) is 34.9 Å². The van der Waals surface area contributed by atoms with Crippen molar-refractivity contribution in [1.29, 1.82) is 5.26 Å². The lowest BCUT2D eigenvalue weighted by Gasteiger charge is -2.16. The maximum absolute atomic E-state index is 14.4. The van der Waals surface area contributed by atoms with Gasteiger partial charge in [-0.3, -0.25) is 9.20 Å². The van der Waals surface area contributed by atoms with E-state index in [2.05, 4.69) is 15.1 Å². The summed E-state index contributed by atoms with van der Waals surface area (Å²) in [5, 5.41) is 24.2. The lowest BCUT2D eigenvalue weighted by Crippen LogP contribution is -2.26. The molecule has 1 saturated carbocycles. The Kier molecular flexibility index (Phi) is 4.76. The number of aromatic nitrogens is 5. The highest BCUT2D eigenvalue weighted by Gasteiger charge is 2.38. The molecule has 5 rings (SSSR count). The molecule has 1 aromatic carbocycles. The second-order valence-corrected chi connectivity index (χ2v) is 7.83. The summed E-state index contributed by atoms with van der Waals surface area (Å²) in [6.45, 7) is 0.272. The standard InChI is InChI=1S/C21H19FN6O4/c1-31-9-8-27-16-12(10-23)13(22)4-5-14(16)28-11-24-15(17(28)19(27)29)18-25-20(26-32-18)21(30)6-2-3-7-21/h4-5,11,30H,2-3,6-9H2,1H3. The van der Waals surface area contributed by atoms with Crippen LogP contribution in [-0.2, 0) is 16.9 Å². The first-order valence-corrected chi connectivity index (χ1v) is 10.2. The second-order valence-electron chi connectivity index (χ2n) is 7.83. The van der Waals surface area contributed by atoms with Crippen LogP contribution in [0.25, 0.3) is 28.1 Å². The molecule has 0 radical (unpaired) electrons. The Balaban J connectivity index is 1.77. The van der Waals surface area contributed by atoms with Crippen molar-refractivity contribution < 1.29 is 18.8 Å². The van der Waals surface area contributed by atoms with Gasteiger partial charge >= 0.3 is 0 Å². The number of benzene rings is 1. The molecular weight excluding hydrogens is 419 g/mol. The third-order valence-electron chi connectivity index (χ3n) is 5.96. The van der Waals surface area contributed by atoms with Gasteiger partial charge in [-0.2, -0.15) is 10.2 Å². The Hall–Kier alpha value is -3.62. The van der Waals surface area contributed by atoms with Gasteiger partial charge in [-0.1, -0.05) is 5.16 Å². The molecular formula is C21H19FN6O4. The zero-order valence-corrected chi connectivity index (χ0v) is 17.2. The summed E-state index contributed by atoms with van der Waals surface area (Å²) < 4.78 is 27.6. The molecule has 11 heteroatoms. The van der Waals surface area contributed by atoms with E-state index in [9.17, 15) is 19.6 Å². The maximum Gasteiger partial charge on any atom is 0.279 e. The first-order chi connectivity index (χ1) is 15.5. The molecule has 0 bridgehead atoms. The normalized spacial score (nSPS) is 15.6. The molecule has 32 heavy (non-hydrogen) atoms. The monoisotopic (exact) mass is 438 g/mol. The van der Waals surface area contributed by atoms with Crippen molar-refractivity contribution in [3.05, 3.63) is 46.0 Å². The van der Waals surface area contributed by atoms with Crippen molar-refractivity contribution in [3.8, 4) is 17.7 Å². The number of nitrogens with zero attached hydrogens (tertiary/aromatic N) is 6. The zero-order valence-electron chi connectivity index (χ0n) is 17.2. The highest BCUT2D eigenvalue weighted by molar-refractivity contribution is 5.87. The van der Waals surface area contributed by atoms with Gasteiger partial charge in [0.25, 0.3) is 11.4 Å². The number of hydrogen-bond acceptors (Lipinski definition) is 8. The summed E-state index contributed by atoms with van der Waals surface area (Å²) in [5.74, 6) is -0.558. The number of nitriles is 1. The molecule has 10 nitrogen and oxygen atoms in total. The minimum Gasteiger partial charge on any atom is -0.383 e. The van der Waals surface area contributed by atoms with Gasteiger partial charge < -0.3 is 18.9 Å². The van der Waals surface area contributed by atoms with Crippen LogP contribution >= 0.6 is 0 Å². The van der Waals surface area contributed by atoms with Crippen molar-refractivity contribution in [2.75, 3.05) is 13.7 Å². The molecule has 1 fully saturated rings. The summed E-state index contributed by atoms with van der Waals surface area (Å²) in [6, 6.07) is 4.50. The Morgan fingerprint density at radius 3 is 2.84 bits per heavy atom. The van der Waals surface area contributed by atoms with Crippen LogP contribution in [0.3, 0.4) is 0 Å². The summed E-state index contributed by atoms with van der Waals surface area (Å²) in [6.07, 6.45) is 4.19. The van der Waals surface area contributed by atoms with Crippen molar-refractivity contribution >= 4 is 16.6 Å². The quantitative estimate of drug-likeness (QED) is 0.501. The Bertz CT molecular complexity index is 1440. The van der Waals surface area contributed by atoms with Gasteiger partial charge in [0.05, 0.1) is 17.6 Å². The van der Waals surface area contributed by atoms with E-state index in [0.717, 1.165) is 12.8 Å². The minimum atomic E-state index is -1.15. The summed E-state index contributed by atoms with van der Waals surface area (Å²) in [4.78, 5) is 22.1. The van der Waals surface area contributed by atoms with E-state index in [1.165, 1.54) is 34.5 Å². The number of fused-ring (bicyclic) bond motifs is 3. The number of halogens is 1. The number of aliphatic hydroxyl groups is 1. The molecule has 0 unspecified atom stereocenters. The molecule has 164 valence electrons. The Morgan fingerprint density at radius 2 is 2.12 bits per heavy atom. The smallest absolute Gasteiger partial charge is 0.279 e. The highest BCUT2D eigenvalue weighted by atomic mass is 19.1. The first-order valence-electron chi connectivity index (χ1n) is 10.2. The third-order valence-corrected chi connectivity index (χ3v) is 5.96. The SMILES string of the molecule is COCCn1c(=O)c2c(-c3nc(C4(O)CCCC4)no3)ncn2c2ccc(F)c(C#N)c21. The second kappa shape index (κ2) is 7.51. The molecule has 0 amide bonds. The van der Waals surface area contributed by atoms with Crippen LogP contribution in [-0.4, -0.2) is 42.9 Å². The fourth-order valence-electron chi connectivity index (χ4n) is 4.34. The molecule has 0 aliphatic heterocycles. The van der Waals surface area contributed by atoms with Gasteiger partial charge in [0.2, 0.25) is 5.82 Å². The first kappa shape index (κ1) is 20.3. The van der Waals surface area contributed by atoms with Gasteiger partial charge in [0.15, 0.2) is 5.69 Å². The maximum atomic E-state index is 14.4. The van der Waals surface area contributed by atoms with E-state index in [1.54, 1.807) is 0 Å². The molecule has 0 saturated heterocycles. The van der Waals surface area contributed by atoms with Crippen molar-refractivity contribution in [1.82, 2.24) is 24.1 Å². The summed E-state index contributed by atoms with van der Waals surface area (Å²) >= 11 is 0. The predicted molar refractivity (Wildman–Crippen MR) is 109 cm³/mol. The summed E-state index contributed by atoms with van der Waals surface area (Å²) in [7, 11) is 1.48. The number of imidazole rings is 1. The molecule has 1 aliphatic rings. The van der Waals surface area contributed by atoms with Crippen LogP contribution in [0.15, 0.2) is 27.8 Å². The van der Waals surface area contributed by atoms with E-state index in [4.69, 9.17) is 9.26 Å². The number of methoxy groups -OCH3 is 1. The largest absolute Gasteiger partial charge is 0.383 e. The van der Waals surface area contributed by atoms with E-state index in [1.807, 2.05) is 6.07 Å². The third kappa shape index (κ3) is 2.91. The van der Waals surface area contributed by atoms with E-state index >= 15 is 0 Å². The molecule has 1 N–H and O–H groups in total. The average molecular weight is 438 g/mol. The molecule has 4 aromatic rings. The van der Waals surface area contributed by atoms with Crippen LogP contribution < -0.4 is 5.56 Å². The predicted octanol–water partition coefficient (Wildman–Crippen LogP) is 2.12. The lowest BCUT2D eigenvalue weighted by atomic mass is 10.0. The molecule has 3 heterocycles. The highest BCUT2D eigenvalue weighted by Crippen LogP contribution is 2.37. The van der Waals surface area contributed by atoms with Crippen LogP contribution in [0.4, 0.5) is 4.39 Å². The number of hydrogen-bond donors (Lipinski definition) is 1. The molecule has 0 spiro atoms. The topological polar surface area (TPSA) is 131 Å². The van der Waals surface area contributed by atoms with Crippen LogP contribution in [0.1, 0.15) is 37.1 Å². The Labute approximate surface area is 180 Å². The van der Waals surface area contributed by atoms with Crippen molar-refractivity contribution in [2.45, 2.75) is 37.8 Å². The van der Waals surface area contributed by atoms with Crippen molar-refractivity contribution in [3.63, 3.8) is 0 Å². The number of rotatable bonds is 5. The number of ether oxygens (including phenoxy) is 1. The van der Waals surface area contributed by atoms with E-state index in [-0.39, 0.29) is 47.2 Å². The fraction of sp³-hybridized carbons (Fsp3) is 0.381. The van der Waals surface area contributed by atoms with E-state index < -0.39 is 17.0 Å². The Morgan fingerprint density at radius 1 is 1.34 bits per heavy atom. The lowest BCUT2D eigenvalue weighted by molar-refractivity contribution is 0.0328. The van der Waals surface area contributed by atoms with E-state index in [0.29, 0.717) is 18.4 Å². The van der Waals surface area contributed by atoms with Crippen LogP contribution in [0.2, 0.25) is 0 Å². The summed E-state index contributed by atoms with van der Waals surface area (Å²) in [5.41, 5.74) is -1.05. The van der Waals surface area contributed by atoms with Gasteiger partial charge in [-0.05, 0) is 37.8 Å². The minimum absolute atomic E-state index is 0.000171. The fourth-order valence-corrected chi connectivity index (χ4v) is 4.34. The molecule has 3 aromatic heterocycles. The average Bonchev–Trinajstić information content (AvgIpc) is 3.53. The molecule has 0 atom stereocenters. The van der Waals surface area contributed by atoms with Crippen LogP contribution in [0.5, 0.6) is 0 Å². The van der Waals surface area contributed by atoms with Gasteiger partial charge in [0, 0.05) is 13.7 Å². The van der Waals surface area contributed by atoms with Gasteiger partial charge in [-0.15, -0.1) is 0 Å². The van der Waals surface area contributed by atoms with Gasteiger partial charge in [-0.25, -0.2) is 9.37 Å². The van der Waals surface area contributed by atoms with Crippen LogP contribution in [0, 0.1) is 17.1 Å².